The maximum absolute atomic E-state index is 13.3. The fourth-order valence-corrected chi connectivity index (χ4v) is 4.14. The molecular formula is C23H24ClNO4. The number of carbonyl (C=O) groups excluding carboxylic acids is 1. The highest BCUT2D eigenvalue weighted by molar-refractivity contribution is 6.30. The number of phenols is 1. The first-order valence-corrected chi connectivity index (χ1v) is 9.88. The molecule has 0 aliphatic carbocycles. The summed E-state index contributed by atoms with van der Waals surface area (Å²) in [6.45, 7) is 7.27. The van der Waals surface area contributed by atoms with E-state index in [1.807, 2.05) is 13.8 Å². The SMILES string of the molecule is CCC(C)[C@@](C)(C(=O)O)c1c(C)n(C(=O)c2ccc(Cl)cc2)c2ccc(O)cc12. The Morgan fingerprint density at radius 1 is 1.17 bits per heavy atom. The van der Waals surface area contributed by atoms with Crippen LogP contribution in [0.5, 0.6) is 5.75 Å². The second-order valence-corrected chi connectivity index (χ2v) is 8.06. The predicted molar refractivity (Wildman–Crippen MR) is 114 cm³/mol. The molecule has 1 unspecified atom stereocenters. The summed E-state index contributed by atoms with van der Waals surface area (Å²) in [5.41, 5.74) is 0.875. The summed E-state index contributed by atoms with van der Waals surface area (Å²) in [5, 5.41) is 21.3. The number of hydrogen-bond acceptors (Lipinski definition) is 3. The highest BCUT2D eigenvalue weighted by atomic mass is 35.5. The van der Waals surface area contributed by atoms with Crippen molar-refractivity contribution < 1.29 is 19.8 Å². The van der Waals surface area contributed by atoms with Gasteiger partial charge in [0.2, 0.25) is 0 Å². The smallest absolute Gasteiger partial charge is 0.314 e. The molecule has 2 N–H and O–H groups in total. The monoisotopic (exact) mass is 413 g/mol. The molecule has 152 valence electrons. The lowest BCUT2D eigenvalue weighted by Gasteiger charge is -2.32. The zero-order valence-corrected chi connectivity index (χ0v) is 17.6. The van der Waals surface area contributed by atoms with Gasteiger partial charge in [-0.1, -0.05) is 31.9 Å². The molecule has 3 aromatic rings. The summed E-state index contributed by atoms with van der Waals surface area (Å²) >= 11 is 5.94. The maximum atomic E-state index is 13.3. The topological polar surface area (TPSA) is 79.5 Å². The molecule has 0 saturated heterocycles. The third-order valence-electron chi connectivity index (χ3n) is 6.04. The van der Waals surface area contributed by atoms with Crippen molar-refractivity contribution in [3.8, 4) is 5.75 Å². The molecule has 1 heterocycles. The van der Waals surface area contributed by atoms with E-state index in [-0.39, 0.29) is 17.6 Å². The minimum absolute atomic E-state index is 0.0201. The van der Waals surface area contributed by atoms with Crippen molar-refractivity contribution in [2.24, 2.45) is 5.92 Å². The van der Waals surface area contributed by atoms with Crippen molar-refractivity contribution >= 4 is 34.4 Å². The van der Waals surface area contributed by atoms with Crippen molar-refractivity contribution in [2.75, 3.05) is 0 Å². The number of carboxylic acid groups (broad SMARTS) is 1. The minimum atomic E-state index is -1.23. The molecule has 0 bridgehead atoms. The number of nitrogens with zero attached hydrogens (tertiary/aromatic N) is 1. The molecular weight excluding hydrogens is 390 g/mol. The van der Waals surface area contributed by atoms with E-state index in [0.29, 0.717) is 39.2 Å². The van der Waals surface area contributed by atoms with Crippen molar-refractivity contribution in [2.45, 2.75) is 39.5 Å². The second-order valence-electron chi connectivity index (χ2n) is 7.63. The lowest BCUT2D eigenvalue weighted by atomic mass is 9.70. The molecule has 3 rings (SSSR count). The van der Waals surface area contributed by atoms with Gasteiger partial charge in [0.1, 0.15) is 5.75 Å². The summed E-state index contributed by atoms with van der Waals surface area (Å²) < 4.78 is 1.52. The summed E-state index contributed by atoms with van der Waals surface area (Å²) in [6.07, 6.45) is 0.652. The van der Waals surface area contributed by atoms with Crippen LogP contribution < -0.4 is 0 Å². The van der Waals surface area contributed by atoms with Gasteiger partial charge in [0, 0.05) is 21.7 Å². The van der Waals surface area contributed by atoms with E-state index in [4.69, 9.17) is 11.6 Å². The molecule has 0 spiro atoms. The number of phenolic OH excluding ortho intramolecular Hbond substituents is 1. The zero-order chi connectivity index (χ0) is 21.5. The second kappa shape index (κ2) is 7.56. The highest BCUT2D eigenvalue weighted by Crippen LogP contribution is 2.43. The molecule has 2 aromatic carbocycles. The van der Waals surface area contributed by atoms with Gasteiger partial charge in [-0.15, -0.1) is 0 Å². The first-order valence-electron chi connectivity index (χ1n) is 9.51. The van der Waals surface area contributed by atoms with Crippen LogP contribution in [0, 0.1) is 12.8 Å². The summed E-state index contributed by atoms with van der Waals surface area (Å²) in [6, 6.07) is 11.2. The molecule has 0 radical (unpaired) electrons. The van der Waals surface area contributed by atoms with Crippen LogP contribution in [0.25, 0.3) is 10.9 Å². The fraction of sp³-hybridized carbons (Fsp3) is 0.304. The maximum Gasteiger partial charge on any atom is 0.314 e. The molecule has 1 aromatic heterocycles. The fourth-order valence-electron chi connectivity index (χ4n) is 4.02. The van der Waals surface area contributed by atoms with E-state index in [0.717, 1.165) is 0 Å². The van der Waals surface area contributed by atoms with Crippen molar-refractivity contribution in [3.63, 3.8) is 0 Å². The lowest BCUT2D eigenvalue weighted by Crippen LogP contribution is -2.39. The van der Waals surface area contributed by atoms with Crippen LogP contribution in [0.1, 0.15) is 48.8 Å². The van der Waals surface area contributed by atoms with Crippen LogP contribution in [-0.2, 0) is 10.2 Å². The Bertz CT molecular complexity index is 1100. The number of carboxylic acids is 1. The number of carbonyl (C=O) groups is 2. The first-order chi connectivity index (χ1) is 13.6. The third kappa shape index (κ3) is 3.29. The van der Waals surface area contributed by atoms with Gasteiger partial charge in [-0.2, -0.15) is 0 Å². The summed E-state index contributed by atoms with van der Waals surface area (Å²) in [5.74, 6) is -1.41. The molecule has 5 nitrogen and oxygen atoms in total. The van der Waals surface area contributed by atoms with Gasteiger partial charge < -0.3 is 10.2 Å². The summed E-state index contributed by atoms with van der Waals surface area (Å²) in [4.78, 5) is 25.8. The summed E-state index contributed by atoms with van der Waals surface area (Å²) in [7, 11) is 0. The van der Waals surface area contributed by atoms with Crippen LogP contribution in [0.3, 0.4) is 0 Å². The van der Waals surface area contributed by atoms with E-state index in [1.165, 1.54) is 16.7 Å². The van der Waals surface area contributed by atoms with E-state index >= 15 is 0 Å². The largest absolute Gasteiger partial charge is 0.508 e. The number of rotatable bonds is 5. The predicted octanol–water partition coefficient (Wildman–Crippen LogP) is 5.39. The number of aliphatic carboxylic acids is 1. The van der Waals surface area contributed by atoms with Crippen LogP contribution >= 0.6 is 11.6 Å². The van der Waals surface area contributed by atoms with Gasteiger partial charge in [-0.3, -0.25) is 14.2 Å². The molecule has 0 fully saturated rings. The molecule has 0 aliphatic heterocycles. The highest BCUT2D eigenvalue weighted by Gasteiger charge is 2.44. The van der Waals surface area contributed by atoms with Gasteiger partial charge >= 0.3 is 5.97 Å². The Kier molecular flexibility index (Phi) is 5.46. The van der Waals surface area contributed by atoms with Gasteiger partial charge in [0.25, 0.3) is 5.91 Å². The zero-order valence-electron chi connectivity index (χ0n) is 16.9. The molecule has 0 aliphatic rings. The Morgan fingerprint density at radius 2 is 1.79 bits per heavy atom. The molecule has 2 atom stereocenters. The van der Waals surface area contributed by atoms with E-state index in [9.17, 15) is 19.8 Å². The van der Waals surface area contributed by atoms with Gasteiger partial charge in [0.05, 0.1) is 10.9 Å². The standard InChI is InChI=1S/C23H24ClNO4/c1-5-13(2)23(4,22(28)29)20-14(3)25(19-11-10-17(26)12-18(19)20)21(27)15-6-8-16(24)9-7-15/h6-13,26H,5H2,1-4H3,(H,28,29)/t13?,23-/m1/s1. The average molecular weight is 414 g/mol. The molecule has 0 saturated carbocycles. The Balaban J connectivity index is 2.37. The van der Waals surface area contributed by atoms with E-state index in [2.05, 4.69) is 0 Å². The first kappa shape index (κ1) is 20.9. The van der Waals surface area contributed by atoms with E-state index < -0.39 is 11.4 Å². The average Bonchev–Trinajstić information content (AvgIpc) is 2.97. The van der Waals surface area contributed by atoms with Crippen molar-refractivity contribution in [1.82, 2.24) is 4.57 Å². The van der Waals surface area contributed by atoms with Crippen LogP contribution in [-0.4, -0.2) is 26.7 Å². The Hall–Kier alpha value is -2.79. The third-order valence-corrected chi connectivity index (χ3v) is 6.30. The number of fused-ring (bicyclic) bond motifs is 1. The number of aromatic nitrogens is 1. The quantitative estimate of drug-likeness (QED) is 0.588. The Morgan fingerprint density at radius 3 is 2.34 bits per heavy atom. The van der Waals surface area contributed by atoms with Crippen molar-refractivity contribution in [1.29, 1.82) is 0 Å². The van der Waals surface area contributed by atoms with Gasteiger partial charge in [0.15, 0.2) is 0 Å². The number of hydrogen-bond donors (Lipinski definition) is 2. The number of halogens is 1. The normalized spacial score (nSPS) is 14.5. The molecule has 0 amide bonds. The molecule has 29 heavy (non-hydrogen) atoms. The number of aromatic hydroxyl groups is 1. The lowest BCUT2D eigenvalue weighted by molar-refractivity contribution is -0.145. The van der Waals surface area contributed by atoms with Crippen LogP contribution in [0.4, 0.5) is 0 Å². The van der Waals surface area contributed by atoms with E-state index in [1.54, 1.807) is 44.2 Å². The number of benzene rings is 2. The molecule has 6 heteroatoms. The Labute approximate surface area is 174 Å². The minimum Gasteiger partial charge on any atom is -0.508 e. The van der Waals surface area contributed by atoms with Gasteiger partial charge in [-0.05, 0) is 67.8 Å². The van der Waals surface area contributed by atoms with Crippen LogP contribution in [0.2, 0.25) is 5.02 Å². The van der Waals surface area contributed by atoms with Crippen molar-refractivity contribution in [3.05, 3.63) is 64.3 Å². The van der Waals surface area contributed by atoms with Crippen LogP contribution in [0.15, 0.2) is 42.5 Å². The van der Waals surface area contributed by atoms with Gasteiger partial charge in [-0.25, -0.2) is 0 Å².